The van der Waals surface area contributed by atoms with Gasteiger partial charge in [0.15, 0.2) is 0 Å². The lowest BCUT2D eigenvalue weighted by molar-refractivity contribution is -0.144. The average Bonchev–Trinajstić information content (AvgIpc) is 3.53. The van der Waals surface area contributed by atoms with Crippen LogP contribution in [-0.2, 0) is 20.9 Å². The minimum absolute atomic E-state index is 0.00600. The zero-order chi connectivity index (χ0) is 30.1. The summed E-state index contributed by atoms with van der Waals surface area (Å²) in [6.45, 7) is 7.52. The number of benzene rings is 2. The van der Waals surface area contributed by atoms with E-state index >= 15 is 0 Å². The number of piperidine rings is 1. The molecule has 0 bridgehead atoms. The van der Waals surface area contributed by atoms with E-state index in [1.165, 1.54) is 22.3 Å². The largest absolute Gasteiger partial charge is 0.508 e. The summed E-state index contributed by atoms with van der Waals surface area (Å²) in [5.41, 5.74) is 6.00. The first-order valence-electron chi connectivity index (χ1n) is 16.0. The Bertz CT molecular complexity index is 1410. The molecular formula is C36H43ClN2O4. The molecule has 1 aliphatic carbocycles. The molecule has 6 nitrogen and oxygen atoms in total. The van der Waals surface area contributed by atoms with Crippen LogP contribution in [0.3, 0.4) is 0 Å². The number of ether oxygens (including phenoxy) is 1. The second-order valence-electron chi connectivity index (χ2n) is 12.8. The van der Waals surface area contributed by atoms with Crippen LogP contribution in [0, 0.1) is 17.8 Å². The van der Waals surface area contributed by atoms with Crippen LogP contribution in [0.15, 0.2) is 65.3 Å². The van der Waals surface area contributed by atoms with Gasteiger partial charge in [-0.05, 0) is 80.3 Å². The van der Waals surface area contributed by atoms with Crippen LogP contribution >= 0.6 is 11.6 Å². The molecule has 3 aliphatic heterocycles. The highest BCUT2D eigenvalue weighted by molar-refractivity contribution is 6.32. The number of carbonyl (C=O) groups excluding carboxylic acids is 2. The van der Waals surface area contributed by atoms with Gasteiger partial charge < -0.3 is 9.84 Å². The molecule has 228 valence electrons. The Morgan fingerprint density at radius 3 is 2.53 bits per heavy atom. The Kier molecular flexibility index (Phi) is 9.08. The first-order chi connectivity index (χ1) is 20.8. The molecule has 0 spiro atoms. The summed E-state index contributed by atoms with van der Waals surface area (Å²) in [6, 6.07) is 15.6. The second kappa shape index (κ2) is 13.0. The van der Waals surface area contributed by atoms with Crippen molar-refractivity contribution in [3.05, 3.63) is 81.4 Å². The zero-order valence-corrected chi connectivity index (χ0v) is 26.1. The van der Waals surface area contributed by atoms with Crippen molar-refractivity contribution in [3.63, 3.8) is 0 Å². The molecule has 43 heavy (non-hydrogen) atoms. The molecule has 1 N–H and O–H groups in total. The van der Waals surface area contributed by atoms with Crippen molar-refractivity contribution in [1.82, 2.24) is 9.80 Å². The fraction of sp³-hybridized carbons (Fsp3) is 0.500. The number of phenols is 1. The van der Waals surface area contributed by atoms with E-state index in [0.29, 0.717) is 18.1 Å². The third kappa shape index (κ3) is 6.20. The van der Waals surface area contributed by atoms with Crippen molar-refractivity contribution >= 4 is 29.5 Å². The molecule has 6 rings (SSSR count). The first kappa shape index (κ1) is 30.1. The summed E-state index contributed by atoms with van der Waals surface area (Å²) in [7, 11) is 0. The zero-order valence-electron chi connectivity index (χ0n) is 25.3. The van der Waals surface area contributed by atoms with E-state index in [-0.39, 0.29) is 47.5 Å². The number of nitrogens with zero attached hydrogens (tertiary/aromatic N) is 2. The predicted octanol–water partition coefficient (Wildman–Crippen LogP) is 7.01. The third-order valence-corrected chi connectivity index (χ3v) is 10.3. The van der Waals surface area contributed by atoms with E-state index in [1.807, 2.05) is 12.1 Å². The van der Waals surface area contributed by atoms with Gasteiger partial charge in [0.1, 0.15) is 5.75 Å². The van der Waals surface area contributed by atoms with Crippen LogP contribution in [0.1, 0.15) is 69.9 Å². The molecule has 4 atom stereocenters. The summed E-state index contributed by atoms with van der Waals surface area (Å²) in [4.78, 5) is 31.8. The number of aromatic hydroxyl groups is 1. The number of allylic oxidation sites excluding steroid dienone is 2. The van der Waals surface area contributed by atoms with E-state index in [0.717, 1.165) is 63.7 Å². The fourth-order valence-corrected chi connectivity index (χ4v) is 8.18. The van der Waals surface area contributed by atoms with Crippen molar-refractivity contribution in [1.29, 1.82) is 0 Å². The van der Waals surface area contributed by atoms with Crippen LogP contribution in [-0.4, -0.2) is 58.6 Å². The Morgan fingerprint density at radius 1 is 1.05 bits per heavy atom. The van der Waals surface area contributed by atoms with Gasteiger partial charge in [-0.1, -0.05) is 72.5 Å². The SMILES string of the molecule is CCC/C(=C\c1ccc(O)cc1Cl)CC[C@H]1OC[C@H]2C1=C(C)C[C@H]1C(=O)N(C3CCN(Cc4ccccc4)CC3)C(=O)[C@H]12. The molecule has 4 aliphatic rings. The molecular weight excluding hydrogens is 560 g/mol. The van der Waals surface area contributed by atoms with Gasteiger partial charge in [0.05, 0.1) is 29.6 Å². The Balaban J connectivity index is 1.11. The van der Waals surface area contributed by atoms with Gasteiger partial charge in [-0.25, -0.2) is 0 Å². The van der Waals surface area contributed by atoms with Gasteiger partial charge in [-0.15, -0.1) is 0 Å². The quantitative estimate of drug-likeness (QED) is 0.247. The number of fused-ring (bicyclic) bond motifs is 3. The molecule has 3 heterocycles. The average molecular weight is 603 g/mol. The van der Waals surface area contributed by atoms with Crippen molar-refractivity contribution in [3.8, 4) is 5.75 Å². The standard InChI is InChI=1S/C36H43ClN2O4/c1-3-7-24(19-26-11-12-28(40)20-31(26)37)10-13-32-33-23(2)18-29-34(30(33)22-43-32)36(42)39(35(29)41)27-14-16-38(17-15-27)21-25-8-5-4-6-9-25/h4-6,8-9,11-12,19-20,27,29-30,32,34,40H,3,7,10,13-18,21-22H2,1-2H3/b24-19+/t29-,30+,32-,34-/m1/s1. The maximum atomic E-state index is 14.0. The molecule has 0 saturated carbocycles. The lowest BCUT2D eigenvalue weighted by Crippen LogP contribution is -2.47. The monoisotopic (exact) mass is 602 g/mol. The van der Waals surface area contributed by atoms with Crippen LogP contribution < -0.4 is 0 Å². The lowest BCUT2D eigenvalue weighted by Gasteiger charge is -2.36. The molecule has 0 radical (unpaired) electrons. The van der Waals surface area contributed by atoms with E-state index in [2.05, 4.69) is 49.1 Å². The lowest BCUT2D eigenvalue weighted by atomic mass is 9.70. The normalized spacial score (nSPS) is 26.8. The van der Waals surface area contributed by atoms with Gasteiger partial charge >= 0.3 is 0 Å². The van der Waals surface area contributed by atoms with E-state index < -0.39 is 0 Å². The highest BCUT2D eigenvalue weighted by Crippen LogP contribution is 2.50. The molecule has 2 amide bonds. The van der Waals surface area contributed by atoms with E-state index in [4.69, 9.17) is 16.3 Å². The van der Waals surface area contributed by atoms with Gasteiger partial charge in [0.25, 0.3) is 0 Å². The number of amides is 2. The summed E-state index contributed by atoms with van der Waals surface area (Å²) >= 11 is 6.39. The van der Waals surface area contributed by atoms with Gasteiger partial charge in [-0.2, -0.15) is 0 Å². The topological polar surface area (TPSA) is 70.1 Å². The van der Waals surface area contributed by atoms with E-state index in [1.54, 1.807) is 17.0 Å². The molecule has 0 unspecified atom stereocenters. The number of likely N-dealkylation sites (tertiary alicyclic amines) is 2. The van der Waals surface area contributed by atoms with Crippen LogP contribution in [0.4, 0.5) is 0 Å². The van der Waals surface area contributed by atoms with Crippen LogP contribution in [0.2, 0.25) is 5.02 Å². The number of halogens is 1. The number of carbonyl (C=O) groups is 2. The smallest absolute Gasteiger partial charge is 0.234 e. The van der Waals surface area contributed by atoms with Gasteiger partial charge in [-0.3, -0.25) is 19.4 Å². The predicted molar refractivity (Wildman–Crippen MR) is 169 cm³/mol. The molecule has 2 aromatic carbocycles. The van der Waals surface area contributed by atoms with Crippen molar-refractivity contribution in [2.75, 3.05) is 19.7 Å². The number of imide groups is 1. The number of hydrogen-bond donors (Lipinski definition) is 1. The van der Waals surface area contributed by atoms with Crippen LogP contribution in [0.5, 0.6) is 5.75 Å². The summed E-state index contributed by atoms with van der Waals surface area (Å²) in [6.07, 6.45) is 8.14. The fourth-order valence-electron chi connectivity index (χ4n) is 7.95. The molecule has 3 fully saturated rings. The maximum absolute atomic E-state index is 14.0. The Morgan fingerprint density at radius 2 is 1.81 bits per heavy atom. The van der Waals surface area contributed by atoms with E-state index in [9.17, 15) is 14.7 Å². The van der Waals surface area contributed by atoms with Gasteiger partial charge in [0, 0.05) is 31.6 Å². The van der Waals surface area contributed by atoms with Crippen molar-refractivity contribution in [2.24, 2.45) is 17.8 Å². The summed E-state index contributed by atoms with van der Waals surface area (Å²) < 4.78 is 6.40. The Hall–Kier alpha value is -2.93. The maximum Gasteiger partial charge on any atom is 0.234 e. The van der Waals surface area contributed by atoms with Crippen LogP contribution in [0.25, 0.3) is 6.08 Å². The third-order valence-electron chi connectivity index (χ3n) is 10.0. The number of hydrogen-bond acceptors (Lipinski definition) is 5. The van der Waals surface area contributed by atoms with Crippen molar-refractivity contribution < 1.29 is 19.4 Å². The highest BCUT2D eigenvalue weighted by atomic mass is 35.5. The summed E-state index contributed by atoms with van der Waals surface area (Å²) in [5.74, 6) is -0.317. The molecule has 0 aromatic heterocycles. The van der Waals surface area contributed by atoms with Gasteiger partial charge in [0.2, 0.25) is 11.8 Å². The highest BCUT2D eigenvalue weighted by Gasteiger charge is 2.57. The molecule has 7 heteroatoms. The Labute approximate surface area is 260 Å². The number of phenolic OH excluding ortho intramolecular Hbond substituents is 1. The second-order valence-corrected chi connectivity index (χ2v) is 13.2. The van der Waals surface area contributed by atoms with Crippen molar-refractivity contribution in [2.45, 2.75) is 77.5 Å². The minimum atomic E-state index is -0.292. The molecule has 3 saturated heterocycles. The minimum Gasteiger partial charge on any atom is -0.508 e. The first-order valence-corrected chi connectivity index (χ1v) is 16.3. The summed E-state index contributed by atoms with van der Waals surface area (Å²) in [5, 5.41) is 10.3. The molecule has 2 aromatic rings. The number of rotatable bonds is 9.